The molecule has 0 unspecified atom stereocenters. The summed E-state index contributed by atoms with van der Waals surface area (Å²) in [6.45, 7) is 2.86. The van der Waals surface area contributed by atoms with Gasteiger partial charge in [0, 0.05) is 15.6 Å². The standard InChI is InChI=1S/C14H12ClN3S/c1-9-6-7-19-12(9)8-16-14-11-5-3-2-4-10(11)13(15)17-18-14/h2-7H,8H2,1H3,(H,16,18). The molecule has 1 N–H and O–H groups in total. The summed E-state index contributed by atoms with van der Waals surface area (Å²) < 4.78 is 0. The van der Waals surface area contributed by atoms with Crippen LogP contribution in [0.2, 0.25) is 5.15 Å². The average Bonchev–Trinajstić information content (AvgIpc) is 2.84. The fraction of sp³-hybridized carbons (Fsp3) is 0.143. The lowest BCUT2D eigenvalue weighted by Crippen LogP contribution is -2.03. The number of aromatic nitrogens is 2. The zero-order chi connectivity index (χ0) is 13.2. The first-order chi connectivity index (χ1) is 9.25. The maximum absolute atomic E-state index is 6.05. The molecule has 19 heavy (non-hydrogen) atoms. The second kappa shape index (κ2) is 5.15. The van der Waals surface area contributed by atoms with E-state index in [1.165, 1.54) is 10.4 Å². The Morgan fingerprint density at radius 3 is 2.68 bits per heavy atom. The van der Waals surface area contributed by atoms with Crippen molar-refractivity contribution < 1.29 is 0 Å². The van der Waals surface area contributed by atoms with Crippen molar-refractivity contribution in [1.82, 2.24) is 10.2 Å². The molecule has 0 atom stereocenters. The van der Waals surface area contributed by atoms with Crippen LogP contribution in [0, 0.1) is 6.92 Å². The van der Waals surface area contributed by atoms with E-state index in [1.807, 2.05) is 24.3 Å². The summed E-state index contributed by atoms with van der Waals surface area (Å²) >= 11 is 7.80. The van der Waals surface area contributed by atoms with Gasteiger partial charge in [0.25, 0.3) is 0 Å². The van der Waals surface area contributed by atoms with Crippen LogP contribution in [-0.4, -0.2) is 10.2 Å². The Morgan fingerprint density at radius 2 is 1.95 bits per heavy atom. The zero-order valence-corrected chi connectivity index (χ0v) is 11.9. The van der Waals surface area contributed by atoms with Crippen molar-refractivity contribution >= 4 is 39.5 Å². The Hall–Kier alpha value is -1.65. The Bertz CT molecular complexity index is 724. The summed E-state index contributed by atoms with van der Waals surface area (Å²) in [6, 6.07) is 9.99. The SMILES string of the molecule is Cc1ccsc1CNc1nnc(Cl)c2ccccc12. The van der Waals surface area contributed by atoms with E-state index in [2.05, 4.69) is 33.9 Å². The Kier molecular flexibility index (Phi) is 3.36. The summed E-state index contributed by atoms with van der Waals surface area (Å²) in [6.07, 6.45) is 0. The highest BCUT2D eigenvalue weighted by Crippen LogP contribution is 2.26. The van der Waals surface area contributed by atoms with Gasteiger partial charge in [0.15, 0.2) is 11.0 Å². The number of aryl methyl sites for hydroxylation is 1. The molecule has 5 heteroatoms. The van der Waals surface area contributed by atoms with Crippen molar-refractivity contribution in [2.45, 2.75) is 13.5 Å². The number of anilines is 1. The van der Waals surface area contributed by atoms with Crippen LogP contribution in [0.4, 0.5) is 5.82 Å². The molecule has 0 fully saturated rings. The van der Waals surface area contributed by atoms with Crippen LogP contribution in [0.1, 0.15) is 10.4 Å². The van der Waals surface area contributed by atoms with Crippen LogP contribution in [0.3, 0.4) is 0 Å². The predicted molar refractivity (Wildman–Crippen MR) is 80.9 cm³/mol. The fourth-order valence-corrected chi connectivity index (χ4v) is 3.00. The van der Waals surface area contributed by atoms with Gasteiger partial charge in [0.05, 0.1) is 6.54 Å². The molecule has 0 saturated heterocycles. The molecule has 0 radical (unpaired) electrons. The van der Waals surface area contributed by atoms with E-state index in [9.17, 15) is 0 Å². The fourth-order valence-electron chi connectivity index (χ4n) is 1.95. The van der Waals surface area contributed by atoms with Gasteiger partial charge in [-0.2, -0.15) is 0 Å². The first-order valence-electron chi connectivity index (χ1n) is 5.93. The van der Waals surface area contributed by atoms with E-state index < -0.39 is 0 Å². The number of thiophene rings is 1. The Balaban J connectivity index is 1.93. The van der Waals surface area contributed by atoms with Crippen LogP contribution in [0.25, 0.3) is 10.8 Å². The summed E-state index contributed by atoms with van der Waals surface area (Å²) in [5, 5.41) is 15.9. The van der Waals surface area contributed by atoms with Crippen molar-refractivity contribution in [3.8, 4) is 0 Å². The molecule has 0 aliphatic carbocycles. The third-order valence-electron chi connectivity index (χ3n) is 3.03. The summed E-state index contributed by atoms with van der Waals surface area (Å²) in [7, 11) is 0. The molecule has 3 rings (SSSR count). The highest BCUT2D eigenvalue weighted by Gasteiger charge is 2.07. The molecule has 0 saturated carbocycles. The Morgan fingerprint density at radius 1 is 1.16 bits per heavy atom. The zero-order valence-electron chi connectivity index (χ0n) is 10.4. The lowest BCUT2D eigenvalue weighted by atomic mass is 10.2. The molecule has 0 aliphatic rings. The molecule has 96 valence electrons. The van der Waals surface area contributed by atoms with Gasteiger partial charge in [-0.25, -0.2) is 0 Å². The smallest absolute Gasteiger partial charge is 0.159 e. The normalized spacial score (nSPS) is 10.8. The summed E-state index contributed by atoms with van der Waals surface area (Å²) in [4.78, 5) is 1.31. The maximum Gasteiger partial charge on any atom is 0.159 e. The van der Waals surface area contributed by atoms with Crippen molar-refractivity contribution in [3.63, 3.8) is 0 Å². The number of nitrogens with one attached hydrogen (secondary N) is 1. The van der Waals surface area contributed by atoms with Gasteiger partial charge in [-0.1, -0.05) is 35.9 Å². The van der Waals surface area contributed by atoms with Gasteiger partial charge in [-0.05, 0) is 23.9 Å². The van der Waals surface area contributed by atoms with E-state index in [4.69, 9.17) is 11.6 Å². The largest absolute Gasteiger partial charge is 0.363 e. The van der Waals surface area contributed by atoms with Gasteiger partial charge in [-0.15, -0.1) is 21.5 Å². The highest BCUT2D eigenvalue weighted by atomic mass is 35.5. The number of hydrogen-bond donors (Lipinski definition) is 1. The monoisotopic (exact) mass is 289 g/mol. The lowest BCUT2D eigenvalue weighted by Gasteiger charge is -2.08. The van der Waals surface area contributed by atoms with Gasteiger partial charge in [-0.3, -0.25) is 0 Å². The number of rotatable bonds is 3. The van der Waals surface area contributed by atoms with E-state index >= 15 is 0 Å². The molecule has 2 heterocycles. The van der Waals surface area contributed by atoms with E-state index in [0.717, 1.165) is 23.1 Å². The van der Waals surface area contributed by atoms with Crippen LogP contribution < -0.4 is 5.32 Å². The molecule has 0 aliphatic heterocycles. The van der Waals surface area contributed by atoms with Crippen LogP contribution in [-0.2, 0) is 6.54 Å². The number of nitrogens with zero attached hydrogens (tertiary/aromatic N) is 2. The quantitative estimate of drug-likeness (QED) is 0.782. The van der Waals surface area contributed by atoms with Crippen molar-refractivity contribution in [3.05, 3.63) is 51.3 Å². The summed E-state index contributed by atoms with van der Waals surface area (Å²) in [5.41, 5.74) is 1.30. The molecule has 1 aromatic carbocycles. The molecule has 0 bridgehead atoms. The van der Waals surface area contributed by atoms with Crippen LogP contribution in [0.15, 0.2) is 35.7 Å². The van der Waals surface area contributed by atoms with Crippen molar-refractivity contribution in [2.24, 2.45) is 0 Å². The number of halogens is 1. The van der Waals surface area contributed by atoms with Crippen molar-refractivity contribution in [2.75, 3.05) is 5.32 Å². The van der Waals surface area contributed by atoms with Gasteiger partial charge in [0.2, 0.25) is 0 Å². The number of benzene rings is 1. The minimum atomic E-state index is 0.438. The summed E-state index contributed by atoms with van der Waals surface area (Å²) in [5.74, 6) is 0.771. The predicted octanol–water partition coefficient (Wildman–Crippen LogP) is 4.27. The second-order valence-corrected chi connectivity index (χ2v) is 5.62. The molecule has 0 amide bonds. The average molecular weight is 290 g/mol. The van der Waals surface area contributed by atoms with Gasteiger partial charge >= 0.3 is 0 Å². The number of hydrogen-bond acceptors (Lipinski definition) is 4. The van der Waals surface area contributed by atoms with Gasteiger partial charge in [0.1, 0.15) is 0 Å². The number of fused-ring (bicyclic) bond motifs is 1. The van der Waals surface area contributed by atoms with Gasteiger partial charge < -0.3 is 5.32 Å². The first kappa shape index (κ1) is 12.4. The molecular weight excluding hydrogens is 278 g/mol. The van der Waals surface area contributed by atoms with E-state index in [-0.39, 0.29) is 0 Å². The minimum Gasteiger partial charge on any atom is -0.363 e. The lowest BCUT2D eigenvalue weighted by molar-refractivity contribution is 1.02. The molecule has 3 aromatic rings. The molecule has 3 nitrogen and oxygen atoms in total. The topological polar surface area (TPSA) is 37.8 Å². The van der Waals surface area contributed by atoms with E-state index in [1.54, 1.807) is 11.3 Å². The molecule has 0 spiro atoms. The third-order valence-corrected chi connectivity index (χ3v) is 4.33. The second-order valence-electron chi connectivity index (χ2n) is 4.27. The first-order valence-corrected chi connectivity index (χ1v) is 7.19. The van der Waals surface area contributed by atoms with Crippen LogP contribution >= 0.6 is 22.9 Å². The van der Waals surface area contributed by atoms with E-state index in [0.29, 0.717) is 5.15 Å². The maximum atomic E-state index is 6.05. The molecular formula is C14H12ClN3S. The third kappa shape index (κ3) is 2.41. The molecule has 2 aromatic heterocycles. The highest BCUT2D eigenvalue weighted by molar-refractivity contribution is 7.10. The Labute approximate surface area is 120 Å². The van der Waals surface area contributed by atoms with Crippen molar-refractivity contribution in [1.29, 1.82) is 0 Å². The van der Waals surface area contributed by atoms with Crippen LogP contribution in [0.5, 0.6) is 0 Å². The minimum absolute atomic E-state index is 0.438.